The van der Waals surface area contributed by atoms with Crippen LogP contribution in [0.15, 0.2) is 12.1 Å². The summed E-state index contributed by atoms with van der Waals surface area (Å²) in [6.45, 7) is 8.48. The molecule has 7 nitrogen and oxygen atoms in total. The quantitative estimate of drug-likeness (QED) is 0.716. The maximum Gasteiger partial charge on any atom is 0.223 e. The summed E-state index contributed by atoms with van der Waals surface area (Å²) in [5, 5.41) is 11.8. The minimum atomic E-state index is 0.0879. The Morgan fingerprint density at radius 2 is 1.97 bits per heavy atom. The van der Waals surface area contributed by atoms with Crippen LogP contribution in [0.2, 0.25) is 0 Å². The number of rotatable bonds is 7. The Morgan fingerprint density at radius 3 is 2.73 bits per heavy atom. The first-order valence-electron chi connectivity index (χ1n) is 11.7. The smallest absolute Gasteiger partial charge is 0.223 e. The third kappa shape index (κ3) is 4.94. The van der Waals surface area contributed by atoms with Gasteiger partial charge < -0.3 is 15.1 Å². The Hall–Kier alpha value is -2.15. The van der Waals surface area contributed by atoms with Gasteiger partial charge in [0.2, 0.25) is 5.91 Å². The van der Waals surface area contributed by atoms with Crippen molar-refractivity contribution in [2.24, 2.45) is 0 Å². The topological polar surface area (TPSA) is 77.1 Å². The summed E-state index contributed by atoms with van der Waals surface area (Å²) in [6.07, 6.45) is 8.95. The van der Waals surface area contributed by atoms with Gasteiger partial charge in [-0.15, -0.1) is 0 Å². The Kier molecular flexibility index (Phi) is 6.87. The maximum atomic E-state index is 13.0. The van der Waals surface area contributed by atoms with Crippen LogP contribution in [0.1, 0.15) is 76.9 Å². The van der Waals surface area contributed by atoms with Crippen molar-refractivity contribution in [2.45, 2.75) is 77.3 Å². The van der Waals surface area contributed by atoms with Crippen LogP contribution < -0.4 is 5.32 Å². The van der Waals surface area contributed by atoms with Crippen molar-refractivity contribution < 1.29 is 4.79 Å². The van der Waals surface area contributed by atoms with Crippen molar-refractivity contribution in [1.82, 2.24) is 25.0 Å². The summed E-state index contributed by atoms with van der Waals surface area (Å²) in [7, 11) is 0. The second-order valence-electron chi connectivity index (χ2n) is 9.11. The first kappa shape index (κ1) is 21.1. The molecule has 2 fully saturated rings. The first-order chi connectivity index (χ1) is 14.6. The zero-order chi connectivity index (χ0) is 20.9. The lowest BCUT2D eigenvalue weighted by Crippen LogP contribution is -2.32. The molecule has 164 valence electrons. The highest BCUT2D eigenvalue weighted by Crippen LogP contribution is 2.33. The number of likely N-dealkylation sites (tertiary alicyclic amines) is 2. The monoisotopic (exact) mass is 412 g/mol. The minimum absolute atomic E-state index is 0.0879. The van der Waals surface area contributed by atoms with Crippen molar-refractivity contribution in [3.63, 3.8) is 0 Å². The second kappa shape index (κ2) is 9.77. The number of aromatic amines is 1. The largest absolute Gasteiger partial charge is 0.366 e. The molecule has 7 heteroatoms. The van der Waals surface area contributed by atoms with Crippen molar-refractivity contribution in [3.05, 3.63) is 17.8 Å². The number of aromatic nitrogens is 3. The summed E-state index contributed by atoms with van der Waals surface area (Å²) >= 11 is 0. The number of anilines is 1. The third-order valence-corrected chi connectivity index (χ3v) is 6.35. The van der Waals surface area contributed by atoms with E-state index in [1.807, 2.05) is 0 Å². The molecule has 0 spiro atoms. The molecule has 4 rings (SSSR count). The Balaban J connectivity index is 1.37. The van der Waals surface area contributed by atoms with E-state index in [1.54, 1.807) is 0 Å². The van der Waals surface area contributed by atoms with E-state index in [4.69, 9.17) is 4.98 Å². The van der Waals surface area contributed by atoms with Gasteiger partial charge in [-0.05, 0) is 77.7 Å². The van der Waals surface area contributed by atoms with E-state index in [1.165, 1.54) is 38.8 Å². The molecule has 0 unspecified atom stereocenters. The number of amides is 1. The van der Waals surface area contributed by atoms with Gasteiger partial charge in [0.05, 0.1) is 17.1 Å². The van der Waals surface area contributed by atoms with E-state index in [0.717, 1.165) is 54.9 Å². The highest BCUT2D eigenvalue weighted by atomic mass is 16.2. The Labute approximate surface area is 179 Å². The van der Waals surface area contributed by atoms with Crippen LogP contribution in [0.25, 0.3) is 11.0 Å². The van der Waals surface area contributed by atoms with Crippen LogP contribution in [0.5, 0.6) is 0 Å². The molecular weight excluding hydrogens is 376 g/mol. The van der Waals surface area contributed by atoms with Gasteiger partial charge in [-0.2, -0.15) is 5.10 Å². The molecule has 0 aliphatic carbocycles. The molecule has 1 amide bonds. The van der Waals surface area contributed by atoms with Crippen LogP contribution in [0.3, 0.4) is 0 Å². The molecule has 2 N–H and O–H groups in total. The molecule has 30 heavy (non-hydrogen) atoms. The number of hydrogen-bond acceptors (Lipinski definition) is 5. The van der Waals surface area contributed by atoms with Gasteiger partial charge in [-0.3, -0.25) is 9.89 Å². The number of fused-ring (bicyclic) bond motifs is 1. The molecule has 2 aliphatic rings. The predicted molar refractivity (Wildman–Crippen MR) is 120 cm³/mol. The van der Waals surface area contributed by atoms with Gasteiger partial charge in [-0.25, -0.2) is 4.98 Å². The molecule has 2 saturated heterocycles. The normalized spacial score (nSPS) is 20.8. The fraction of sp³-hybridized carbons (Fsp3) is 0.696. The Bertz CT molecular complexity index is 839. The first-order valence-corrected chi connectivity index (χ1v) is 11.7. The van der Waals surface area contributed by atoms with Gasteiger partial charge in [0.25, 0.3) is 0 Å². The molecule has 1 atom stereocenters. The van der Waals surface area contributed by atoms with E-state index in [2.05, 4.69) is 51.3 Å². The lowest BCUT2D eigenvalue weighted by Gasteiger charge is -2.25. The third-order valence-electron chi connectivity index (χ3n) is 6.35. The molecule has 2 aromatic heterocycles. The Morgan fingerprint density at radius 1 is 1.17 bits per heavy atom. The molecular formula is C23H36N6O. The second-order valence-corrected chi connectivity index (χ2v) is 9.11. The molecule has 2 aliphatic heterocycles. The minimum Gasteiger partial charge on any atom is -0.366 e. The van der Waals surface area contributed by atoms with Crippen LogP contribution in [0.4, 0.5) is 5.82 Å². The summed E-state index contributed by atoms with van der Waals surface area (Å²) in [4.78, 5) is 22.4. The maximum absolute atomic E-state index is 13.0. The molecule has 0 bridgehead atoms. The zero-order valence-electron chi connectivity index (χ0n) is 18.5. The number of hydrogen-bond donors (Lipinski definition) is 2. The van der Waals surface area contributed by atoms with E-state index >= 15 is 0 Å². The van der Waals surface area contributed by atoms with Gasteiger partial charge >= 0.3 is 0 Å². The number of H-pyrrole nitrogens is 1. The molecule has 0 aromatic carbocycles. The van der Waals surface area contributed by atoms with Crippen molar-refractivity contribution in [2.75, 3.05) is 31.5 Å². The molecule has 4 heterocycles. The SMILES string of the molecule is CC(C)Nc1n[nH]c2nc([C@@H]3CCCN3C(=O)CCCN3CCCCCC3)ccc12. The van der Waals surface area contributed by atoms with Crippen molar-refractivity contribution >= 4 is 22.8 Å². The van der Waals surface area contributed by atoms with E-state index in [0.29, 0.717) is 12.5 Å². The highest BCUT2D eigenvalue weighted by Gasteiger charge is 2.31. The van der Waals surface area contributed by atoms with Crippen molar-refractivity contribution in [1.29, 1.82) is 0 Å². The predicted octanol–water partition coefficient (Wildman–Crippen LogP) is 4.10. The van der Waals surface area contributed by atoms with Crippen LogP contribution in [0, 0.1) is 0 Å². The van der Waals surface area contributed by atoms with Crippen LogP contribution >= 0.6 is 0 Å². The van der Waals surface area contributed by atoms with E-state index in [-0.39, 0.29) is 11.9 Å². The van der Waals surface area contributed by atoms with Crippen LogP contribution in [-0.4, -0.2) is 63.1 Å². The molecule has 0 radical (unpaired) electrons. The van der Waals surface area contributed by atoms with Crippen molar-refractivity contribution in [3.8, 4) is 0 Å². The molecule has 0 saturated carbocycles. The number of nitrogens with one attached hydrogen (secondary N) is 2. The van der Waals surface area contributed by atoms with Gasteiger partial charge in [0, 0.05) is 19.0 Å². The summed E-state index contributed by atoms with van der Waals surface area (Å²) in [5.74, 6) is 1.12. The lowest BCUT2D eigenvalue weighted by atomic mass is 10.1. The zero-order valence-corrected chi connectivity index (χ0v) is 18.5. The van der Waals surface area contributed by atoms with E-state index in [9.17, 15) is 4.79 Å². The molecule has 2 aromatic rings. The van der Waals surface area contributed by atoms with Gasteiger partial charge in [0.15, 0.2) is 11.5 Å². The fourth-order valence-corrected chi connectivity index (χ4v) is 4.82. The highest BCUT2D eigenvalue weighted by molar-refractivity contribution is 5.87. The fourth-order valence-electron chi connectivity index (χ4n) is 4.82. The lowest BCUT2D eigenvalue weighted by molar-refractivity contribution is -0.132. The number of pyridine rings is 1. The number of carbonyl (C=O) groups excluding carboxylic acids is 1. The summed E-state index contributed by atoms with van der Waals surface area (Å²) < 4.78 is 0. The standard InChI is InChI=1S/C23H36N6O/c1-17(2)24-22-18-11-12-19(25-23(18)27-26-22)20-9-7-16-29(20)21(30)10-8-15-28-13-5-3-4-6-14-28/h11-12,17,20H,3-10,13-16H2,1-2H3,(H2,24,25,26,27)/t20-/m0/s1. The summed E-state index contributed by atoms with van der Waals surface area (Å²) in [6, 6.07) is 4.54. The average Bonchev–Trinajstić information content (AvgIpc) is 3.28. The average molecular weight is 413 g/mol. The number of carbonyl (C=O) groups is 1. The number of nitrogens with zero attached hydrogens (tertiary/aromatic N) is 4. The van der Waals surface area contributed by atoms with E-state index < -0.39 is 0 Å². The van der Waals surface area contributed by atoms with Crippen LogP contribution in [-0.2, 0) is 4.79 Å². The summed E-state index contributed by atoms with van der Waals surface area (Å²) in [5.41, 5.74) is 1.76. The van der Waals surface area contributed by atoms with Gasteiger partial charge in [0.1, 0.15) is 0 Å². The van der Waals surface area contributed by atoms with Gasteiger partial charge in [-0.1, -0.05) is 12.8 Å².